The molecule has 1 aliphatic carbocycles. The minimum absolute atomic E-state index is 0.0105. The summed E-state index contributed by atoms with van der Waals surface area (Å²) in [5.41, 5.74) is -0.343. The van der Waals surface area contributed by atoms with Crippen LogP contribution in [0.2, 0.25) is 0 Å². The van der Waals surface area contributed by atoms with Crippen molar-refractivity contribution >= 4 is 12.3 Å². The number of hydrogen-bond acceptors (Lipinski definition) is 3. The minimum Gasteiger partial charge on any atom is -0.458 e. The van der Waals surface area contributed by atoms with E-state index in [1.54, 1.807) is 0 Å². The van der Waals surface area contributed by atoms with Gasteiger partial charge in [0.15, 0.2) is 0 Å². The van der Waals surface area contributed by atoms with Gasteiger partial charge in [-0.3, -0.25) is 4.79 Å². The first kappa shape index (κ1) is 12.6. The Hall–Kier alpha value is -0.860. The Labute approximate surface area is 103 Å². The molecule has 2 aliphatic rings. The summed E-state index contributed by atoms with van der Waals surface area (Å²) in [6.45, 7) is 6.20. The van der Waals surface area contributed by atoms with E-state index in [4.69, 9.17) is 4.74 Å². The maximum atomic E-state index is 11.9. The van der Waals surface area contributed by atoms with E-state index in [9.17, 15) is 9.59 Å². The Morgan fingerprint density at radius 2 is 2.06 bits per heavy atom. The van der Waals surface area contributed by atoms with Crippen molar-refractivity contribution in [2.24, 2.45) is 23.7 Å². The molecule has 3 nitrogen and oxygen atoms in total. The molecule has 5 atom stereocenters. The van der Waals surface area contributed by atoms with Crippen molar-refractivity contribution < 1.29 is 14.3 Å². The smallest absolute Gasteiger partial charge is 0.309 e. The zero-order valence-electron chi connectivity index (χ0n) is 10.9. The van der Waals surface area contributed by atoms with Gasteiger partial charge in [0.05, 0.1) is 5.92 Å². The summed E-state index contributed by atoms with van der Waals surface area (Å²) in [5, 5.41) is 0. The highest BCUT2D eigenvalue weighted by molar-refractivity contribution is 5.77. The average Bonchev–Trinajstić information content (AvgIpc) is 2.78. The minimum atomic E-state index is -0.343. The van der Waals surface area contributed by atoms with E-state index in [1.807, 2.05) is 6.92 Å². The molecule has 0 amide bonds. The van der Waals surface area contributed by atoms with Crippen molar-refractivity contribution in [1.82, 2.24) is 0 Å². The highest BCUT2D eigenvalue weighted by atomic mass is 16.6. The zero-order valence-corrected chi connectivity index (χ0v) is 10.9. The normalized spacial score (nSPS) is 44.5. The summed E-state index contributed by atoms with van der Waals surface area (Å²) >= 11 is 0. The van der Waals surface area contributed by atoms with E-state index in [-0.39, 0.29) is 29.3 Å². The van der Waals surface area contributed by atoms with Crippen molar-refractivity contribution in [3.8, 4) is 0 Å². The monoisotopic (exact) mass is 238 g/mol. The third-order valence-corrected chi connectivity index (χ3v) is 4.93. The molecule has 0 radical (unpaired) electrons. The number of hydrogen-bond donors (Lipinski definition) is 0. The van der Waals surface area contributed by atoms with Gasteiger partial charge in [-0.25, -0.2) is 0 Å². The lowest BCUT2D eigenvalue weighted by Crippen LogP contribution is -2.34. The Morgan fingerprint density at radius 3 is 2.53 bits per heavy atom. The van der Waals surface area contributed by atoms with Gasteiger partial charge >= 0.3 is 5.97 Å². The molecule has 2 fully saturated rings. The summed E-state index contributed by atoms with van der Waals surface area (Å²) in [7, 11) is 0. The van der Waals surface area contributed by atoms with Crippen molar-refractivity contribution in [3.63, 3.8) is 0 Å². The second kappa shape index (κ2) is 4.43. The molecule has 1 heterocycles. The highest BCUT2D eigenvalue weighted by Crippen LogP contribution is 2.56. The maximum Gasteiger partial charge on any atom is 0.309 e. The summed E-state index contributed by atoms with van der Waals surface area (Å²) in [6, 6.07) is 0. The Morgan fingerprint density at radius 1 is 1.35 bits per heavy atom. The zero-order chi connectivity index (χ0) is 12.6. The molecule has 0 bridgehead atoms. The predicted molar refractivity (Wildman–Crippen MR) is 64.3 cm³/mol. The van der Waals surface area contributed by atoms with E-state index in [0.29, 0.717) is 5.92 Å². The fourth-order valence-electron chi connectivity index (χ4n) is 4.01. The molecule has 17 heavy (non-hydrogen) atoms. The molecule has 0 aromatic rings. The number of aldehydes is 1. The van der Waals surface area contributed by atoms with Crippen LogP contribution in [0, 0.1) is 23.7 Å². The van der Waals surface area contributed by atoms with E-state index in [2.05, 4.69) is 13.8 Å². The largest absolute Gasteiger partial charge is 0.458 e. The summed E-state index contributed by atoms with van der Waals surface area (Å²) in [6.07, 6.45) is 4.56. The number of ether oxygens (including phenoxy) is 1. The van der Waals surface area contributed by atoms with Gasteiger partial charge in [-0.15, -0.1) is 0 Å². The van der Waals surface area contributed by atoms with Gasteiger partial charge in [0.1, 0.15) is 11.9 Å². The van der Waals surface area contributed by atoms with Crippen molar-refractivity contribution in [1.29, 1.82) is 0 Å². The number of esters is 1. The first-order chi connectivity index (χ1) is 8.13. The third kappa shape index (κ3) is 1.62. The van der Waals surface area contributed by atoms with E-state index in [0.717, 1.165) is 32.0 Å². The van der Waals surface area contributed by atoms with E-state index >= 15 is 0 Å². The van der Waals surface area contributed by atoms with Crippen LogP contribution in [0.25, 0.3) is 0 Å². The van der Waals surface area contributed by atoms with Gasteiger partial charge in [0.25, 0.3) is 0 Å². The molecule has 0 spiro atoms. The molecule has 2 rings (SSSR count). The molecule has 3 heteroatoms. The van der Waals surface area contributed by atoms with Crippen molar-refractivity contribution in [3.05, 3.63) is 0 Å². The van der Waals surface area contributed by atoms with Crippen LogP contribution in [0.4, 0.5) is 0 Å². The van der Waals surface area contributed by atoms with Crippen LogP contribution in [0.15, 0.2) is 0 Å². The van der Waals surface area contributed by atoms with Gasteiger partial charge in [-0.1, -0.05) is 27.2 Å². The molecule has 0 unspecified atom stereocenters. The molecule has 1 aliphatic heterocycles. The lowest BCUT2D eigenvalue weighted by Gasteiger charge is -2.27. The molecular weight excluding hydrogens is 216 g/mol. The quantitative estimate of drug-likeness (QED) is 0.558. The molecule has 0 aromatic carbocycles. The molecule has 0 N–H and O–H groups in total. The van der Waals surface area contributed by atoms with Gasteiger partial charge in [0, 0.05) is 11.8 Å². The van der Waals surface area contributed by atoms with Gasteiger partial charge in [0.2, 0.25) is 0 Å². The SMILES string of the molecule is CC[C@H]1C[C@]2(CC)OC(=O)[C@@H](CC)[C@@H]2[C@@H]1C=O. The molecule has 0 aromatic heterocycles. The van der Waals surface area contributed by atoms with Gasteiger partial charge in [-0.05, 0) is 25.2 Å². The average molecular weight is 238 g/mol. The number of carbonyl (C=O) groups is 2. The Balaban J connectivity index is 2.37. The summed E-state index contributed by atoms with van der Waals surface area (Å²) in [4.78, 5) is 23.3. The fraction of sp³-hybridized carbons (Fsp3) is 0.857. The maximum absolute atomic E-state index is 11.9. The highest BCUT2D eigenvalue weighted by Gasteiger charge is 2.62. The Kier molecular flexibility index (Phi) is 3.28. The molecule has 1 saturated carbocycles. The van der Waals surface area contributed by atoms with Gasteiger partial charge in [-0.2, -0.15) is 0 Å². The molecular formula is C14H22O3. The predicted octanol–water partition coefficient (Wildman–Crippen LogP) is 2.58. The van der Waals surface area contributed by atoms with Crippen LogP contribution in [-0.2, 0) is 14.3 Å². The fourth-order valence-corrected chi connectivity index (χ4v) is 4.01. The lowest BCUT2D eigenvalue weighted by molar-refractivity contribution is -0.151. The van der Waals surface area contributed by atoms with Crippen LogP contribution in [-0.4, -0.2) is 17.9 Å². The number of carbonyl (C=O) groups excluding carboxylic acids is 2. The van der Waals surface area contributed by atoms with Crippen LogP contribution in [0.1, 0.15) is 46.5 Å². The van der Waals surface area contributed by atoms with Crippen molar-refractivity contribution in [2.75, 3.05) is 0 Å². The van der Waals surface area contributed by atoms with Gasteiger partial charge < -0.3 is 9.53 Å². The van der Waals surface area contributed by atoms with E-state index < -0.39 is 0 Å². The van der Waals surface area contributed by atoms with Crippen molar-refractivity contribution in [2.45, 2.75) is 52.1 Å². The Bertz CT molecular complexity index is 325. The summed E-state index contributed by atoms with van der Waals surface area (Å²) < 4.78 is 5.69. The van der Waals surface area contributed by atoms with E-state index in [1.165, 1.54) is 0 Å². The third-order valence-electron chi connectivity index (χ3n) is 4.93. The van der Waals surface area contributed by atoms with Crippen LogP contribution < -0.4 is 0 Å². The molecule has 96 valence electrons. The first-order valence-corrected chi connectivity index (χ1v) is 6.81. The topological polar surface area (TPSA) is 43.4 Å². The number of fused-ring (bicyclic) bond motifs is 1. The first-order valence-electron chi connectivity index (χ1n) is 6.81. The standard InChI is InChI=1S/C14H22O3/c1-4-9-7-14(6-3)12(11(9)8-15)10(5-2)13(16)17-14/h8-12H,4-7H2,1-3H3/t9-,10-,11+,12+,14-/m0/s1. The van der Waals surface area contributed by atoms with Crippen LogP contribution >= 0.6 is 0 Å². The second-order valence-electron chi connectivity index (χ2n) is 5.47. The number of rotatable bonds is 4. The van der Waals surface area contributed by atoms with Crippen LogP contribution in [0.3, 0.4) is 0 Å². The molecule has 1 saturated heterocycles. The second-order valence-corrected chi connectivity index (χ2v) is 5.47. The lowest BCUT2D eigenvalue weighted by atomic mass is 9.76. The van der Waals surface area contributed by atoms with Crippen LogP contribution in [0.5, 0.6) is 0 Å². The summed E-state index contributed by atoms with van der Waals surface area (Å²) in [5.74, 6) is 0.367.